The first-order chi connectivity index (χ1) is 17.5. The number of benzene rings is 3. The van der Waals surface area contributed by atoms with Crippen molar-refractivity contribution in [2.45, 2.75) is 31.1 Å². The van der Waals surface area contributed by atoms with E-state index in [0.717, 1.165) is 16.7 Å². The van der Waals surface area contributed by atoms with Gasteiger partial charge in [0.05, 0.1) is 29.5 Å². The number of nitrogens with zero attached hydrogens (tertiary/aromatic N) is 3. The molecule has 0 aliphatic carbocycles. The van der Waals surface area contributed by atoms with Crippen molar-refractivity contribution in [1.82, 2.24) is 14.5 Å². The molecule has 5 rings (SSSR count). The number of amides is 1. The van der Waals surface area contributed by atoms with Crippen molar-refractivity contribution in [3.05, 3.63) is 99.8 Å². The lowest BCUT2D eigenvalue weighted by atomic mass is 9.94. The maximum atomic E-state index is 13.5. The van der Waals surface area contributed by atoms with Crippen LogP contribution in [0.4, 0.5) is 0 Å². The molecule has 0 saturated heterocycles. The Balaban J connectivity index is 1.48. The second kappa shape index (κ2) is 9.99. The van der Waals surface area contributed by atoms with Crippen molar-refractivity contribution in [3.63, 3.8) is 0 Å². The van der Waals surface area contributed by atoms with E-state index in [1.54, 1.807) is 21.6 Å². The van der Waals surface area contributed by atoms with Gasteiger partial charge in [-0.25, -0.2) is 9.78 Å². The van der Waals surface area contributed by atoms with Gasteiger partial charge >= 0.3 is 5.97 Å². The number of methoxy groups -OCH3 is 1. The van der Waals surface area contributed by atoms with Crippen LogP contribution >= 0.6 is 11.8 Å². The number of aryl methyl sites for hydroxylation is 1. The highest BCUT2D eigenvalue weighted by Gasteiger charge is 2.35. The van der Waals surface area contributed by atoms with E-state index in [-0.39, 0.29) is 17.2 Å². The van der Waals surface area contributed by atoms with Crippen molar-refractivity contribution in [2.75, 3.05) is 12.9 Å². The molecule has 1 amide bonds. The summed E-state index contributed by atoms with van der Waals surface area (Å²) in [5, 5.41) is 0.926. The average Bonchev–Trinajstić information content (AvgIpc) is 2.91. The Hall–Kier alpha value is -3.91. The van der Waals surface area contributed by atoms with Gasteiger partial charge in [0.2, 0.25) is 5.91 Å². The Labute approximate surface area is 212 Å². The SMILES string of the molecule is COC(=O)C1Cc2ccccc2CN1C(=O)CSc1nc2ccccc2c(=O)n1-c1ccc(C)cc1. The molecular weight excluding hydrogens is 474 g/mol. The fourth-order valence-corrected chi connectivity index (χ4v) is 5.37. The summed E-state index contributed by atoms with van der Waals surface area (Å²) in [5.74, 6) is -0.641. The minimum atomic E-state index is -0.693. The number of ether oxygens (including phenoxy) is 1. The first kappa shape index (κ1) is 23.8. The summed E-state index contributed by atoms with van der Waals surface area (Å²) in [5.41, 5.74) is 4.17. The second-order valence-corrected chi connectivity index (χ2v) is 9.65. The summed E-state index contributed by atoms with van der Waals surface area (Å²) in [6.07, 6.45) is 0.404. The highest BCUT2D eigenvalue weighted by Crippen LogP contribution is 2.27. The average molecular weight is 500 g/mol. The van der Waals surface area contributed by atoms with Gasteiger partial charge in [0.15, 0.2) is 5.16 Å². The van der Waals surface area contributed by atoms with Gasteiger partial charge in [0.1, 0.15) is 6.04 Å². The lowest BCUT2D eigenvalue weighted by Gasteiger charge is -2.35. The zero-order valence-electron chi connectivity index (χ0n) is 20.0. The topological polar surface area (TPSA) is 81.5 Å². The molecule has 8 heteroatoms. The molecule has 0 radical (unpaired) electrons. The largest absolute Gasteiger partial charge is 0.467 e. The summed E-state index contributed by atoms with van der Waals surface area (Å²) in [4.78, 5) is 45.7. The van der Waals surface area contributed by atoms with Gasteiger partial charge in [0.25, 0.3) is 5.56 Å². The van der Waals surface area contributed by atoms with E-state index in [0.29, 0.717) is 34.7 Å². The van der Waals surface area contributed by atoms with Gasteiger partial charge in [-0.2, -0.15) is 0 Å². The summed E-state index contributed by atoms with van der Waals surface area (Å²) < 4.78 is 6.55. The van der Waals surface area contributed by atoms with Crippen LogP contribution in [0.2, 0.25) is 0 Å². The van der Waals surface area contributed by atoms with Crippen LogP contribution in [0.3, 0.4) is 0 Å². The molecule has 0 fully saturated rings. The third-order valence-corrected chi connectivity index (χ3v) is 7.33. The number of para-hydroxylation sites is 1. The summed E-state index contributed by atoms with van der Waals surface area (Å²) in [6, 6.07) is 21.9. The standard InChI is InChI=1S/C28H25N3O4S/c1-18-11-13-21(14-12-18)31-26(33)22-9-5-6-10-23(22)29-28(31)36-17-25(32)30-16-20-8-4-3-7-19(20)15-24(30)27(34)35-2/h3-14,24H,15-17H2,1-2H3. The number of carbonyl (C=O) groups is 2. The van der Waals surface area contributed by atoms with Gasteiger partial charge in [-0.3, -0.25) is 14.2 Å². The predicted molar refractivity (Wildman–Crippen MR) is 139 cm³/mol. The zero-order chi connectivity index (χ0) is 25.2. The molecule has 4 aromatic rings. The molecule has 0 N–H and O–H groups in total. The van der Waals surface area contributed by atoms with Crippen LogP contribution < -0.4 is 5.56 Å². The van der Waals surface area contributed by atoms with Gasteiger partial charge in [-0.15, -0.1) is 0 Å². The zero-order valence-corrected chi connectivity index (χ0v) is 20.8. The van der Waals surface area contributed by atoms with Crippen molar-refractivity contribution >= 4 is 34.5 Å². The van der Waals surface area contributed by atoms with Crippen molar-refractivity contribution in [1.29, 1.82) is 0 Å². The monoisotopic (exact) mass is 499 g/mol. The molecule has 3 aromatic carbocycles. The molecule has 1 aliphatic heterocycles. The molecule has 0 spiro atoms. The number of fused-ring (bicyclic) bond motifs is 2. The maximum absolute atomic E-state index is 13.5. The molecule has 1 aromatic heterocycles. The van der Waals surface area contributed by atoms with Crippen LogP contribution in [0.15, 0.2) is 82.7 Å². The van der Waals surface area contributed by atoms with Crippen LogP contribution in [0.5, 0.6) is 0 Å². The lowest BCUT2D eigenvalue weighted by Crippen LogP contribution is -2.49. The fraction of sp³-hybridized carbons (Fsp3) is 0.214. The van der Waals surface area contributed by atoms with Crippen molar-refractivity contribution < 1.29 is 14.3 Å². The molecule has 1 unspecified atom stereocenters. The summed E-state index contributed by atoms with van der Waals surface area (Å²) >= 11 is 1.19. The second-order valence-electron chi connectivity index (χ2n) is 8.71. The molecule has 182 valence electrons. The van der Waals surface area contributed by atoms with E-state index in [9.17, 15) is 14.4 Å². The number of aromatic nitrogens is 2. The maximum Gasteiger partial charge on any atom is 0.328 e. The lowest BCUT2D eigenvalue weighted by molar-refractivity contribution is -0.153. The number of esters is 1. The third-order valence-electron chi connectivity index (χ3n) is 6.40. The van der Waals surface area contributed by atoms with E-state index >= 15 is 0 Å². The minimum Gasteiger partial charge on any atom is -0.467 e. The minimum absolute atomic E-state index is 0.0201. The highest BCUT2D eigenvalue weighted by atomic mass is 32.2. The van der Waals surface area contributed by atoms with E-state index in [1.807, 2.05) is 67.6 Å². The number of carbonyl (C=O) groups excluding carboxylic acids is 2. The smallest absolute Gasteiger partial charge is 0.328 e. The Bertz CT molecular complexity index is 1510. The first-order valence-corrected chi connectivity index (χ1v) is 12.6. The van der Waals surface area contributed by atoms with E-state index in [4.69, 9.17) is 9.72 Å². The molecular formula is C28H25N3O4S. The molecule has 36 heavy (non-hydrogen) atoms. The van der Waals surface area contributed by atoms with Crippen LogP contribution in [0, 0.1) is 6.92 Å². The van der Waals surface area contributed by atoms with Crippen molar-refractivity contribution in [2.24, 2.45) is 0 Å². The normalized spacial score (nSPS) is 14.9. The van der Waals surface area contributed by atoms with Gasteiger partial charge in [-0.1, -0.05) is 65.9 Å². The first-order valence-electron chi connectivity index (χ1n) is 11.6. The molecule has 7 nitrogen and oxygen atoms in total. The van der Waals surface area contributed by atoms with Gasteiger partial charge in [-0.05, 0) is 42.3 Å². The molecule has 1 aliphatic rings. The van der Waals surface area contributed by atoms with Gasteiger partial charge < -0.3 is 9.64 Å². The van der Waals surface area contributed by atoms with Crippen LogP contribution in [0.1, 0.15) is 16.7 Å². The number of hydrogen-bond donors (Lipinski definition) is 0. The van der Waals surface area contributed by atoms with E-state index < -0.39 is 12.0 Å². The highest BCUT2D eigenvalue weighted by molar-refractivity contribution is 7.99. The van der Waals surface area contributed by atoms with Crippen LogP contribution in [0.25, 0.3) is 16.6 Å². The fourth-order valence-electron chi connectivity index (χ4n) is 4.47. The Morgan fingerprint density at radius 1 is 1.00 bits per heavy atom. The number of thioether (sulfide) groups is 1. The predicted octanol–water partition coefficient (Wildman–Crippen LogP) is 3.91. The quantitative estimate of drug-likeness (QED) is 0.235. The third kappa shape index (κ3) is 4.52. The van der Waals surface area contributed by atoms with Crippen molar-refractivity contribution in [3.8, 4) is 5.69 Å². The Kier molecular flexibility index (Phi) is 6.61. The van der Waals surface area contributed by atoms with E-state index in [1.165, 1.54) is 18.9 Å². The van der Waals surface area contributed by atoms with Crippen LogP contribution in [-0.2, 0) is 27.3 Å². The molecule has 1 atom stereocenters. The molecule has 2 heterocycles. The van der Waals surface area contributed by atoms with E-state index in [2.05, 4.69) is 0 Å². The Morgan fingerprint density at radius 2 is 1.69 bits per heavy atom. The molecule has 0 saturated carbocycles. The van der Waals surface area contributed by atoms with Crippen LogP contribution in [-0.4, -0.2) is 45.2 Å². The number of rotatable bonds is 5. The number of hydrogen-bond acceptors (Lipinski definition) is 6. The summed E-state index contributed by atoms with van der Waals surface area (Å²) in [7, 11) is 1.33. The molecule has 0 bridgehead atoms. The van der Waals surface area contributed by atoms with Gasteiger partial charge in [0, 0.05) is 13.0 Å². The summed E-state index contributed by atoms with van der Waals surface area (Å²) in [6.45, 7) is 2.30. The Morgan fingerprint density at radius 3 is 2.44 bits per heavy atom.